The number of benzene rings is 1. The number of rotatable bonds is 5. The van der Waals surface area contributed by atoms with Crippen LogP contribution in [0.15, 0.2) is 24.3 Å². The molecule has 22 heavy (non-hydrogen) atoms. The second-order valence-corrected chi connectivity index (χ2v) is 6.67. The van der Waals surface area contributed by atoms with Crippen LogP contribution >= 0.6 is 0 Å². The fourth-order valence-corrected chi connectivity index (χ4v) is 2.32. The molecule has 0 amide bonds. The van der Waals surface area contributed by atoms with E-state index in [2.05, 4.69) is 41.9 Å². The predicted octanol–water partition coefficient (Wildman–Crippen LogP) is 3.05. The molecule has 0 spiro atoms. The molecule has 2 N–H and O–H groups in total. The van der Waals surface area contributed by atoms with Crippen molar-refractivity contribution in [3.63, 3.8) is 0 Å². The highest BCUT2D eigenvalue weighted by Gasteiger charge is 2.18. The molecule has 0 saturated heterocycles. The van der Waals surface area contributed by atoms with Gasteiger partial charge in [-0.05, 0) is 19.2 Å². The van der Waals surface area contributed by atoms with Crippen molar-refractivity contribution in [2.24, 2.45) is 0 Å². The van der Waals surface area contributed by atoms with Crippen LogP contribution in [0.5, 0.6) is 11.5 Å². The highest BCUT2D eigenvalue weighted by molar-refractivity contribution is 5.45. The molecule has 0 saturated carbocycles. The van der Waals surface area contributed by atoms with Crippen LogP contribution in [0.1, 0.15) is 37.7 Å². The Labute approximate surface area is 131 Å². The van der Waals surface area contributed by atoms with Crippen molar-refractivity contribution in [3.8, 4) is 11.5 Å². The molecule has 1 heterocycles. The van der Waals surface area contributed by atoms with Crippen molar-refractivity contribution in [2.45, 2.75) is 39.3 Å². The summed E-state index contributed by atoms with van der Waals surface area (Å²) < 4.78 is 5.14. The van der Waals surface area contributed by atoms with Gasteiger partial charge in [0.2, 0.25) is 0 Å². The fraction of sp³-hybridized carbons (Fsp3) is 0.471. The van der Waals surface area contributed by atoms with Crippen LogP contribution < -0.4 is 4.74 Å². The monoisotopic (exact) mass is 303 g/mol. The van der Waals surface area contributed by atoms with Crippen molar-refractivity contribution in [3.05, 3.63) is 41.2 Å². The summed E-state index contributed by atoms with van der Waals surface area (Å²) in [7, 11) is 3.57. The van der Waals surface area contributed by atoms with Gasteiger partial charge < -0.3 is 9.84 Å². The first-order valence-electron chi connectivity index (χ1n) is 7.39. The van der Waals surface area contributed by atoms with Crippen LogP contribution in [-0.4, -0.2) is 34.4 Å². The number of aromatic amines is 1. The van der Waals surface area contributed by atoms with Gasteiger partial charge in [0.25, 0.3) is 0 Å². The lowest BCUT2D eigenvalue weighted by Gasteiger charge is -2.17. The average molecular weight is 303 g/mol. The third-order valence-corrected chi connectivity index (χ3v) is 3.58. The summed E-state index contributed by atoms with van der Waals surface area (Å²) >= 11 is 0. The number of phenols is 1. The number of hydrogen-bond donors (Lipinski definition) is 2. The van der Waals surface area contributed by atoms with E-state index < -0.39 is 0 Å². The zero-order chi connectivity index (χ0) is 16.3. The molecule has 0 bridgehead atoms. The van der Waals surface area contributed by atoms with E-state index in [9.17, 15) is 5.11 Å². The Hall–Kier alpha value is -2.01. The molecule has 2 aromatic rings. The van der Waals surface area contributed by atoms with Crippen LogP contribution in [-0.2, 0) is 18.5 Å². The van der Waals surface area contributed by atoms with E-state index in [0.29, 0.717) is 12.3 Å². The first-order valence-corrected chi connectivity index (χ1v) is 7.39. The summed E-state index contributed by atoms with van der Waals surface area (Å²) in [5.74, 6) is 0.708. The first kappa shape index (κ1) is 16.4. The fourth-order valence-electron chi connectivity index (χ4n) is 2.32. The Kier molecular flexibility index (Phi) is 4.76. The van der Waals surface area contributed by atoms with Gasteiger partial charge in [0, 0.05) is 29.8 Å². The van der Waals surface area contributed by atoms with Crippen LogP contribution in [0, 0.1) is 0 Å². The summed E-state index contributed by atoms with van der Waals surface area (Å²) in [5.41, 5.74) is 3.01. The van der Waals surface area contributed by atoms with Gasteiger partial charge in [-0.1, -0.05) is 32.9 Å². The topological polar surface area (TPSA) is 61.4 Å². The number of nitrogens with one attached hydrogen (secondary N) is 1. The van der Waals surface area contributed by atoms with Gasteiger partial charge in [0.15, 0.2) is 11.5 Å². The molecule has 0 aliphatic rings. The van der Waals surface area contributed by atoms with E-state index in [0.717, 1.165) is 23.5 Å². The molecule has 5 heteroatoms. The average Bonchev–Trinajstić information content (AvgIpc) is 2.89. The number of ether oxygens (including phenoxy) is 1. The van der Waals surface area contributed by atoms with Crippen LogP contribution in [0.3, 0.4) is 0 Å². The van der Waals surface area contributed by atoms with Crippen LogP contribution in [0.4, 0.5) is 0 Å². The highest BCUT2D eigenvalue weighted by Crippen LogP contribution is 2.30. The molecule has 5 nitrogen and oxygen atoms in total. The van der Waals surface area contributed by atoms with Crippen molar-refractivity contribution < 1.29 is 9.84 Å². The summed E-state index contributed by atoms with van der Waals surface area (Å²) in [5, 5.41) is 17.6. The molecule has 0 atom stereocenters. The highest BCUT2D eigenvalue weighted by atomic mass is 16.5. The summed E-state index contributed by atoms with van der Waals surface area (Å²) in [6.45, 7) is 7.80. The molecular formula is C17H25N3O2. The SMILES string of the molecule is COc1cccc(CN(C)Cc2cc(C(C)(C)C)n[nH]2)c1O. The number of phenolic OH excluding ortho intramolecular Hbond substituents is 1. The smallest absolute Gasteiger partial charge is 0.162 e. The minimum Gasteiger partial charge on any atom is -0.504 e. The number of H-pyrrole nitrogens is 1. The van der Waals surface area contributed by atoms with E-state index in [-0.39, 0.29) is 11.2 Å². The van der Waals surface area contributed by atoms with Gasteiger partial charge in [-0.3, -0.25) is 10.00 Å². The summed E-state index contributed by atoms with van der Waals surface area (Å²) in [6.07, 6.45) is 0. The standard InChI is InChI=1S/C17H25N3O2/c1-17(2,3)15-9-13(18-19-15)11-20(4)10-12-7-6-8-14(22-5)16(12)21/h6-9,21H,10-11H2,1-5H3,(H,18,19). The molecular weight excluding hydrogens is 278 g/mol. The lowest BCUT2D eigenvalue weighted by Crippen LogP contribution is -2.17. The van der Waals surface area contributed by atoms with Gasteiger partial charge in [-0.2, -0.15) is 5.10 Å². The number of aromatic hydroxyl groups is 1. The minimum absolute atomic E-state index is 0.0401. The van der Waals surface area contributed by atoms with Gasteiger partial charge in [0.05, 0.1) is 12.8 Å². The van der Waals surface area contributed by atoms with E-state index in [1.54, 1.807) is 13.2 Å². The quantitative estimate of drug-likeness (QED) is 0.891. The molecule has 0 radical (unpaired) electrons. The molecule has 1 aromatic carbocycles. The normalized spacial score (nSPS) is 11.9. The predicted molar refractivity (Wildman–Crippen MR) is 87.1 cm³/mol. The van der Waals surface area contributed by atoms with Gasteiger partial charge >= 0.3 is 0 Å². The lowest BCUT2D eigenvalue weighted by molar-refractivity contribution is 0.304. The van der Waals surface area contributed by atoms with E-state index in [4.69, 9.17) is 4.74 Å². The van der Waals surface area contributed by atoms with Crippen molar-refractivity contribution in [1.82, 2.24) is 15.1 Å². The Morgan fingerprint density at radius 1 is 1.27 bits per heavy atom. The van der Waals surface area contributed by atoms with E-state index >= 15 is 0 Å². The van der Waals surface area contributed by atoms with Crippen molar-refractivity contribution >= 4 is 0 Å². The zero-order valence-corrected chi connectivity index (χ0v) is 14.0. The Morgan fingerprint density at radius 2 is 2.00 bits per heavy atom. The van der Waals surface area contributed by atoms with Gasteiger partial charge in [-0.15, -0.1) is 0 Å². The third-order valence-electron chi connectivity index (χ3n) is 3.58. The second kappa shape index (κ2) is 6.40. The third kappa shape index (κ3) is 3.80. The van der Waals surface area contributed by atoms with Gasteiger partial charge in [0.1, 0.15) is 0 Å². The maximum Gasteiger partial charge on any atom is 0.162 e. The molecule has 1 aromatic heterocycles. The molecule has 0 aliphatic heterocycles. The second-order valence-electron chi connectivity index (χ2n) is 6.67. The van der Waals surface area contributed by atoms with E-state index in [1.807, 2.05) is 19.2 Å². The minimum atomic E-state index is 0.0401. The number of para-hydroxylation sites is 1. The molecule has 120 valence electrons. The molecule has 2 rings (SSSR count). The summed E-state index contributed by atoms with van der Waals surface area (Å²) in [6, 6.07) is 7.64. The maximum atomic E-state index is 10.1. The van der Waals surface area contributed by atoms with Crippen molar-refractivity contribution in [1.29, 1.82) is 0 Å². The van der Waals surface area contributed by atoms with Gasteiger partial charge in [-0.25, -0.2) is 0 Å². The summed E-state index contributed by atoms with van der Waals surface area (Å²) in [4.78, 5) is 2.12. The Balaban J connectivity index is 2.04. The van der Waals surface area contributed by atoms with Crippen LogP contribution in [0.25, 0.3) is 0 Å². The Bertz CT molecular complexity index is 629. The molecule has 0 unspecified atom stereocenters. The molecule has 0 aliphatic carbocycles. The number of aromatic nitrogens is 2. The number of nitrogens with zero attached hydrogens (tertiary/aromatic N) is 2. The maximum absolute atomic E-state index is 10.1. The number of hydrogen-bond acceptors (Lipinski definition) is 4. The lowest BCUT2D eigenvalue weighted by atomic mass is 9.92. The van der Waals surface area contributed by atoms with Crippen molar-refractivity contribution in [2.75, 3.05) is 14.2 Å². The first-order chi connectivity index (χ1) is 10.3. The number of methoxy groups -OCH3 is 1. The van der Waals surface area contributed by atoms with E-state index in [1.165, 1.54) is 0 Å². The van der Waals surface area contributed by atoms with Crippen LogP contribution in [0.2, 0.25) is 0 Å². The largest absolute Gasteiger partial charge is 0.504 e. The zero-order valence-electron chi connectivity index (χ0n) is 14.0. The Morgan fingerprint density at radius 3 is 2.59 bits per heavy atom. The molecule has 0 fully saturated rings.